The largest absolute Gasteiger partial charge is 0.456 e. The molecule has 302 valence electrons. The molecule has 0 aliphatic rings. The van der Waals surface area contributed by atoms with Gasteiger partial charge in [0.15, 0.2) is 0 Å². The molecule has 6 aromatic carbocycles. The number of para-hydroxylation sites is 4. The van der Waals surface area contributed by atoms with Crippen LogP contribution in [-0.2, 0) is 0 Å². The fraction of sp³-hybridized carbons (Fsp3) is 0. The molecule has 0 saturated carbocycles. The van der Waals surface area contributed by atoms with Crippen LogP contribution in [0.3, 0.4) is 0 Å². The van der Waals surface area contributed by atoms with Gasteiger partial charge in [0.25, 0.3) is 12.7 Å². The van der Waals surface area contributed by atoms with Crippen LogP contribution < -0.4 is 18.6 Å². The topological polar surface area (TPSA) is 87.6 Å². The molecule has 0 radical (unpaired) electrons. The number of benzene rings is 6. The van der Waals surface area contributed by atoms with Crippen LogP contribution in [0.1, 0.15) is 0 Å². The summed E-state index contributed by atoms with van der Waals surface area (Å²) in [6, 6.07) is 57.3. The molecule has 0 bridgehead atoms. The summed E-state index contributed by atoms with van der Waals surface area (Å²) in [6.07, 6.45) is 17.5. The minimum atomic E-state index is 0.561. The predicted molar refractivity (Wildman–Crippen MR) is 246 cm³/mol. The van der Waals surface area contributed by atoms with E-state index >= 15 is 0 Å². The molecule has 0 aliphatic heterocycles. The van der Waals surface area contributed by atoms with Crippen molar-refractivity contribution in [1.29, 1.82) is 0 Å². The van der Waals surface area contributed by atoms with Gasteiger partial charge in [-0.15, -0.1) is 0 Å². The van der Waals surface area contributed by atoms with Gasteiger partial charge in [-0.2, -0.15) is 0 Å². The fourth-order valence-electron chi connectivity index (χ4n) is 8.19. The second kappa shape index (κ2) is 15.5. The molecule has 12 aromatic rings. The van der Waals surface area contributed by atoms with E-state index in [1.54, 1.807) is 37.2 Å². The number of hydrogen-bond donors (Lipinski definition) is 0. The van der Waals surface area contributed by atoms with Crippen LogP contribution in [0.2, 0.25) is 0 Å². The molecule has 6 aromatic heterocycles. The van der Waals surface area contributed by atoms with Crippen LogP contribution in [0.4, 0.5) is 0 Å². The lowest BCUT2D eigenvalue weighted by molar-refractivity contribution is -0.573. The minimum absolute atomic E-state index is 0.561. The molecule has 0 fully saturated rings. The first-order valence-electron chi connectivity index (χ1n) is 20.7. The third kappa shape index (κ3) is 6.81. The van der Waals surface area contributed by atoms with Crippen molar-refractivity contribution in [3.05, 3.63) is 220 Å². The van der Waals surface area contributed by atoms with E-state index < -0.39 is 0 Å². The Bertz CT molecular complexity index is 3480. The Morgan fingerprint density at radius 1 is 0.391 bits per heavy atom. The van der Waals surface area contributed by atoms with Crippen molar-refractivity contribution < 1.29 is 18.6 Å². The molecule has 6 heterocycles. The van der Waals surface area contributed by atoms with Gasteiger partial charge < -0.3 is 9.47 Å². The van der Waals surface area contributed by atoms with Gasteiger partial charge in [-0.1, -0.05) is 109 Å². The molecule has 0 aliphatic carbocycles. The molecular weight excluding hydrogens is 793 g/mol. The third-order valence-electron chi connectivity index (χ3n) is 11.2. The summed E-state index contributed by atoms with van der Waals surface area (Å²) in [5.41, 5.74) is 8.88. The number of rotatable bonds is 9. The summed E-state index contributed by atoms with van der Waals surface area (Å²) in [7, 11) is 0. The van der Waals surface area contributed by atoms with E-state index in [9.17, 15) is 0 Å². The first-order valence-corrected chi connectivity index (χ1v) is 20.7. The van der Waals surface area contributed by atoms with E-state index in [-0.39, 0.29) is 0 Å². The first-order chi connectivity index (χ1) is 31.7. The Morgan fingerprint density at radius 2 is 0.828 bits per heavy atom. The van der Waals surface area contributed by atoms with E-state index in [0.29, 0.717) is 34.4 Å². The maximum atomic E-state index is 6.40. The number of pyridine rings is 4. The number of hydrogen-bond acceptors (Lipinski definition) is 6. The molecule has 0 spiro atoms. The summed E-state index contributed by atoms with van der Waals surface area (Å²) < 4.78 is 21.0. The Labute approximate surface area is 366 Å². The van der Waals surface area contributed by atoms with Gasteiger partial charge in [0.2, 0.25) is 0 Å². The fourth-order valence-corrected chi connectivity index (χ4v) is 8.19. The van der Waals surface area contributed by atoms with Crippen LogP contribution in [0.25, 0.3) is 77.7 Å². The van der Waals surface area contributed by atoms with Gasteiger partial charge in [0.1, 0.15) is 23.0 Å². The molecular formula is C54H34N8O2. The van der Waals surface area contributed by atoms with Crippen LogP contribution in [0, 0.1) is 12.7 Å². The van der Waals surface area contributed by atoms with E-state index in [4.69, 9.17) is 9.47 Å². The van der Waals surface area contributed by atoms with Gasteiger partial charge in [-0.3, -0.25) is 38.2 Å². The standard InChI is InChI=1S/C54H34N8O2/c1-3-11-39-25-41(19-17-37(39)9-1)59-35-61(53-15-7-5-13-51(53)59)43-27-47(33-55-31-43)63-45-21-23-57-49(29-45)50-30-46(22-24-58-50)64-48-28-44(32-56-34-48)62-36-60(52-14-6-8-16-54(52)62)42-20-18-38-10-2-4-12-40(38)26-42/h1-34H. The number of nitrogens with zero attached hydrogens (tertiary/aromatic N) is 8. The van der Waals surface area contributed by atoms with Gasteiger partial charge >= 0.3 is 0 Å². The lowest BCUT2D eigenvalue weighted by Crippen LogP contribution is -2.29. The SMILES string of the molecule is [c-]1n(-c2ccc3ccccc3c2)c2ccccc2[n+]1-c1cncc(Oc2ccnc(-c3cc(Oc4cncc(-[n+]5[c-]n(-c6ccc7ccccc7c6)c6ccccc65)c4)ccn3)c2)c1. The average molecular weight is 827 g/mol. The van der Waals surface area contributed by atoms with E-state index in [1.807, 2.05) is 69.8 Å². The first kappa shape index (κ1) is 36.8. The molecule has 10 nitrogen and oxygen atoms in total. The normalized spacial score (nSPS) is 11.4. The molecule has 0 saturated heterocycles. The van der Waals surface area contributed by atoms with Crippen molar-refractivity contribution in [3.63, 3.8) is 0 Å². The maximum Gasteiger partial charge on any atom is 0.269 e. The molecule has 12 rings (SSSR count). The molecule has 0 N–H and O–H groups in total. The number of fused-ring (bicyclic) bond motifs is 4. The van der Waals surface area contributed by atoms with Crippen molar-refractivity contribution in [3.8, 4) is 57.1 Å². The molecule has 0 amide bonds. The molecule has 0 atom stereocenters. The second-order valence-corrected chi connectivity index (χ2v) is 15.3. The van der Waals surface area contributed by atoms with Gasteiger partial charge in [-0.25, -0.2) is 0 Å². The van der Waals surface area contributed by atoms with Gasteiger partial charge in [-0.05, 0) is 70.1 Å². The summed E-state index contributed by atoms with van der Waals surface area (Å²) in [5.74, 6) is 2.28. The van der Waals surface area contributed by atoms with E-state index in [1.165, 1.54) is 10.8 Å². The lowest BCUT2D eigenvalue weighted by Gasteiger charge is -2.10. The quantitative estimate of drug-likeness (QED) is 0.106. The molecule has 0 unspecified atom stereocenters. The van der Waals surface area contributed by atoms with Crippen LogP contribution in [-0.4, -0.2) is 29.1 Å². The second-order valence-electron chi connectivity index (χ2n) is 15.3. The Balaban J connectivity index is 0.800. The Morgan fingerprint density at radius 3 is 1.31 bits per heavy atom. The minimum Gasteiger partial charge on any atom is -0.456 e. The Kier molecular flexibility index (Phi) is 8.89. The highest BCUT2D eigenvalue weighted by atomic mass is 16.5. The zero-order chi connectivity index (χ0) is 42.4. The summed E-state index contributed by atoms with van der Waals surface area (Å²) in [6.45, 7) is 0. The highest BCUT2D eigenvalue weighted by molar-refractivity contribution is 5.86. The predicted octanol–water partition coefficient (Wildman–Crippen LogP) is 10.9. The monoisotopic (exact) mass is 826 g/mol. The van der Waals surface area contributed by atoms with Crippen molar-refractivity contribution in [2.75, 3.05) is 0 Å². The van der Waals surface area contributed by atoms with E-state index in [0.717, 1.165) is 55.6 Å². The highest BCUT2D eigenvalue weighted by Gasteiger charge is 2.16. The highest BCUT2D eigenvalue weighted by Crippen LogP contribution is 2.30. The lowest BCUT2D eigenvalue weighted by atomic mass is 10.1. The number of imidazole rings is 2. The van der Waals surface area contributed by atoms with Crippen molar-refractivity contribution >= 4 is 43.6 Å². The number of ether oxygens (including phenoxy) is 2. The molecule has 10 heteroatoms. The molecule has 64 heavy (non-hydrogen) atoms. The van der Waals surface area contributed by atoms with Gasteiger partial charge in [0, 0.05) is 36.9 Å². The van der Waals surface area contributed by atoms with E-state index in [2.05, 4.69) is 151 Å². The average Bonchev–Trinajstić information content (AvgIpc) is 3.94. The van der Waals surface area contributed by atoms with Crippen LogP contribution >= 0.6 is 0 Å². The summed E-state index contributed by atoms with van der Waals surface area (Å²) in [5, 5.41) is 4.70. The number of aromatic nitrogens is 8. The van der Waals surface area contributed by atoms with Crippen molar-refractivity contribution in [1.82, 2.24) is 29.1 Å². The zero-order valence-corrected chi connectivity index (χ0v) is 34.0. The van der Waals surface area contributed by atoms with Crippen molar-refractivity contribution in [2.45, 2.75) is 0 Å². The van der Waals surface area contributed by atoms with Crippen molar-refractivity contribution in [2.24, 2.45) is 0 Å². The maximum absolute atomic E-state index is 6.40. The van der Waals surface area contributed by atoms with Gasteiger partial charge in [0.05, 0.1) is 68.6 Å². The Hall–Kier alpha value is -9.02. The smallest absolute Gasteiger partial charge is 0.269 e. The van der Waals surface area contributed by atoms with Crippen LogP contribution in [0.15, 0.2) is 207 Å². The summed E-state index contributed by atoms with van der Waals surface area (Å²) in [4.78, 5) is 18.4. The zero-order valence-electron chi connectivity index (χ0n) is 34.0. The third-order valence-corrected chi connectivity index (χ3v) is 11.2. The summed E-state index contributed by atoms with van der Waals surface area (Å²) >= 11 is 0. The van der Waals surface area contributed by atoms with Crippen LogP contribution in [0.5, 0.6) is 23.0 Å².